The third-order valence-corrected chi connectivity index (χ3v) is 3.68. The third-order valence-electron chi connectivity index (χ3n) is 3.68. The summed E-state index contributed by atoms with van der Waals surface area (Å²) in [6.45, 7) is 3.38. The molecule has 20 heavy (non-hydrogen) atoms. The van der Waals surface area contributed by atoms with Crippen LogP contribution in [0.2, 0.25) is 0 Å². The van der Waals surface area contributed by atoms with Gasteiger partial charge in [0.15, 0.2) is 0 Å². The van der Waals surface area contributed by atoms with Gasteiger partial charge in [0.1, 0.15) is 6.04 Å². The molecule has 0 aromatic rings. The number of hydrogen-bond acceptors (Lipinski definition) is 3. The molecule has 2 amide bonds. The first-order valence-electron chi connectivity index (χ1n) is 7.36. The summed E-state index contributed by atoms with van der Waals surface area (Å²) in [7, 11) is 3.98. The van der Waals surface area contributed by atoms with Crippen LogP contribution in [0.15, 0.2) is 0 Å². The molecular formula is C14H27N3O3. The van der Waals surface area contributed by atoms with E-state index < -0.39 is 12.0 Å². The van der Waals surface area contributed by atoms with Gasteiger partial charge in [-0.15, -0.1) is 0 Å². The number of carboxylic acid groups (broad SMARTS) is 1. The van der Waals surface area contributed by atoms with Gasteiger partial charge in [0.2, 0.25) is 0 Å². The number of carboxylic acids is 1. The monoisotopic (exact) mass is 285 g/mol. The Kier molecular flexibility index (Phi) is 6.78. The van der Waals surface area contributed by atoms with Crippen molar-refractivity contribution in [2.45, 2.75) is 51.1 Å². The van der Waals surface area contributed by atoms with E-state index in [0.29, 0.717) is 13.0 Å². The van der Waals surface area contributed by atoms with Crippen molar-refractivity contribution >= 4 is 12.0 Å². The van der Waals surface area contributed by atoms with Gasteiger partial charge in [0.05, 0.1) is 0 Å². The normalized spacial score (nSPS) is 21.4. The van der Waals surface area contributed by atoms with E-state index in [-0.39, 0.29) is 12.1 Å². The second-order valence-electron chi connectivity index (χ2n) is 5.84. The second kappa shape index (κ2) is 8.09. The van der Waals surface area contributed by atoms with Crippen LogP contribution in [0.1, 0.15) is 39.0 Å². The van der Waals surface area contributed by atoms with Gasteiger partial charge in [-0.3, -0.25) is 0 Å². The van der Waals surface area contributed by atoms with Crippen molar-refractivity contribution in [2.24, 2.45) is 0 Å². The number of carbonyl (C=O) groups excluding carboxylic acids is 1. The van der Waals surface area contributed by atoms with Crippen LogP contribution in [0.3, 0.4) is 0 Å². The molecule has 1 saturated heterocycles. The molecule has 6 heteroatoms. The SMILES string of the molecule is CC(CCN(C)C)NC(=O)N1CCCCCC1C(=O)O. The molecule has 1 fully saturated rings. The predicted molar refractivity (Wildman–Crippen MR) is 77.8 cm³/mol. The maximum atomic E-state index is 12.3. The fourth-order valence-electron chi connectivity index (χ4n) is 2.43. The molecule has 0 aromatic heterocycles. The van der Waals surface area contributed by atoms with Crippen LogP contribution in [0.5, 0.6) is 0 Å². The zero-order valence-corrected chi connectivity index (χ0v) is 12.8. The van der Waals surface area contributed by atoms with Gasteiger partial charge < -0.3 is 20.2 Å². The van der Waals surface area contributed by atoms with E-state index >= 15 is 0 Å². The van der Waals surface area contributed by atoms with E-state index in [1.807, 2.05) is 21.0 Å². The minimum absolute atomic E-state index is 0.0441. The molecule has 0 aromatic carbocycles. The van der Waals surface area contributed by atoms with Gasteiger partial charge in [0, 0.05) is 12.6 Å². The van der Waals surface area contributed by atoms with Crippen molar-refractivity contribution < 1.29 is 14.7 Å². The maximum absolute atomic E-state index is 12.3. The fraction of sp³-hybridized carbons (Fsp3) is 0.857. The zero-order valence-electron chi connectivity index (χ0n) is 12.8. The lowest BCUT2D eigenvalue weighted by Gasteiger charge is -2.29. The van der Waals surface area contributed by atoms with Crippen molar-refractivity contribution in [1.82, 2.24) is 15.1 Å². The van der Waals surface area contributed by atoms with Crippen LogP contribution in [0.4, 0.5) is 4.79 Å². The zero-order chi connectivity index (χ0) is 15.1. The van der Waals surface area contributed by atoms with Crippen molar-refractivity contribution in [1.29, 1.82) is 0 Å². The van der Waals surface area contributed by atoms with Crippen molar-refractivity contribution in [2.75, 3.05) is 27.2 Å². The summed E-state index contributed by atoms with van der Waals surface area (Å²) < 4.78 is 0. The van der Waals surface area contributed by atoms with Crippen LogP contribution in [0, 0.1) is 0 Å². The smallest absolute Gasteiger partial charge is 0.326 e. The predicted octanol–water partition coefficient (Wildman–Crippen LogP) is 1.37. The third kappa shape index (κ3) is 5.36. The number of amides is 2. The van der Waals surface area contributed by atoms with E-state index in [4.69, 9.17) is 0 Å². The second-order valence-corrected chi connectivity index (χ2v) is 5.84. The summed E-state index contributed by atoms with van der Waals surface area (Å²) in [5.74, 6) is -0.900. The molecule has 0 bridgehead atoms. The Balaban J connectivity index is 2.55. The van der Waals surface area contributed by atoms with E-state index in [0.717, 1.165) is 32.2 Å². The Morgan fingerprint density at radius 3 is 2.65 bits per heavy atom. The van der Waals surface area contributed by atoms with Crippen molar-refractivity contribution in [3.05, 3.63) is 0 Å². The quantitative estimate of drug-likeness (QED) is 0.800. The van der Waals surface area contributed by atoms with Gasteiger partial charge in [-0.05, 0) is 46.8 Å². The molecule has 2 N–H and O–H groups in total. The first kappa shape index (κ1) is 16.8. The lowest BCUT2D eigenvalue weighted by molar-refractivity contribution is -0.142. The molecule has 6 nitrogen and oxygen atoms in total. The first-order chi connectivity index (χ1) is 9.41. The van der Waals surface area contributed by atoms with Crippen molar-refractivity contribution in [3.8, 4) is 0 Å². The summed E-state index contributed by atoms with van der Waals surface area (Å²) in [5, 5.41) is 12.2. The highest BCUT2D eigenvalue weighted by atomic mass is 16.4. The Hall–Kier alpha value is -1.30. The molecule has 116 valence electrons. The average molecular weight is 285 g/mol. The molecule has 2 unspecified atom stereocenters. The summed E-state index contributed by atoms with van der Waals surface area (Å²) in [4.78, 5) is 27.1. The number of nitrogens with one attached hydrogen (secondary N) is 1. The van der Waals surface area contributed by atoms with Gasteiger partial charge in [0.25, 0.3) is 0 Å². The number of urea groups is 1. The van der Waals surface area contributed by atoms with E-state index in [1.165, 1.54) is 4.90 Å². The number of likely N-dealkylation sites (tertiary alicyclic amines) is 1. The average Bonchev–Trinajstić information content (AvgIpc) is 2.61. The summed E-state index contributed by atoms with van der Waals surface area (Å²) in [6, 6.07) is -0.883. The number of carbonyl (C=O) groups is 2. The number of aliphatic carboxylic acids is 1. The van der Waals surface area contributed by atoms with Crippen LogP contribution in [-0.2, 0) is 4.79 Å². The summed E-state index contributed by atoms with van der Waals surface area (Å²) >= 11 is 0. The van der Waals surface area contributed by atoms with Gasteiger partial charge in [-0.25, -0.2) is 9.59 Å². The topological polar surface area (TPSA) is 72.9 Å². The maximum Gasteiger partial charge on any atom is 0.326 e. The molecule has 0 saturated carbocycles. The summed E-state index contributed by atoms with van der Waals surface area (Å²) in [5.41, 5.74) is 0. The van der Waals surface area contributed by atoms with E-state index in [9.17, 15) is 14.7 Å². The Morgan fingerprint density at radius 1 is 1.35 bits per heavy atom. The Bertz CT molecular complexity index is 334. The number of hydrogen-bond donors (Lipinski definition) is 2. The van der Waals surface area contributed by atoms with Crippen LogP contribution in [-0.4, -0.2) is 66.2 Å². The molecule has 1 rings (SSSR count). The molecule has 0 aliphatic carbocycles. The first-order valence-corrected chi connectivity index (χ1v) is 7.36. The highest BCUT2D eigenvalue weighted by Crippen LogP contribution is 2.17. The highest BCUT2D eigenvalue weighted by molar-refractivity contribution is 5.82. The molecule has 0 radical (unpaired) electrons. The van der Waals surface area contributed by atoms with Gasteiger partial charge in [-0.2, -0.15) is 0 Å². The van der Waals surface area contributed by atoms with Gasteiger partial charge >= 0.3 is 12.0 Å². The highest BCUT2D eigenvalue weighted by Gasteiger charge is 2.31. The van der Waals surface area contributed by atoms with E-state index in [2.05, 4.69) is 10.2 Å². The van der Waals surface area contributed by atoms with Crippen molar-refractivity contribution in [3.63, 3.8) is 0 Å². The molecular weight excluding hydrogens is 258 g/mol. The molecule has 1 aliphatic heterocycles. The largest absolute Gasteiger partial charge is 0.480 e. The van der Waals surface area contributed by atoms with Gasteiger partial charge in [-0.1, -0.05) is 12.8 Å². The molecule has 1 heterocycles. The lowest BCUT2D eigenvalue weighted by Crippen LogP contribution is -2.51. The number of nitrogens with zero attached hydrogens (tertiary/aromatic N) is 2. The summed E-state index contributed by atoms with van der Waals surface area (Å²) in [6.07, 6.45) is 4.14. The van der Waals surface area contributed by atoms with E-state index in [1.54, 1.807) is 0 Å². The van der Waals surface area contributed by atoms with Crippen LogP contribution < -0.4 is 5.32 Å². The lowest BCUT2D eigenvalue weighted by atomic mass is 10.1. The van der Waals surface area contributed by atoms with Crippen LogP contribution >= 0.6 is 0 Å². The van der Waals surface area contributed by atoms with Crippen LogP contribution in [0.25, 0.3) is 0 Å². The molecule has 1 aliphatic rings. The standard InChI is InChI=1S/C14H27N3O3/c1-11(8-10-16(2)3)15-14(20)17-9-6-4-5-7-12(17)13(18)19/h11-12H,4-10H2,1-3H3,(H,15,20)(H,18,19). The Labute approximate surface area is 121 Å². The molecule has 0 spiro atoms. The molecule has 2 atom stereocenters. The Morgan fingerprint density at radius 2 is 2.05 bits per heavy atom. The minimum Gasteiger partial charge on any atom is -0.480 e. The minimum atomic E-state index is -0.900. The fourth-order valence-corrected chi connectivity index (χ4v) is 2.43. The number of rotatable bonds is 5.